The predicted octanol–water partition coefficient (Wildman–Crippen LogP) is 4.24. The summed E-state index contributed by atoms with van der Waals surface area (Å²) in [6.45, 7) is 1.75. The van der Waals surface area contributed by atoms with Gasteiger partial charge in [-0.2, -0.15) is 0 Å². The molecule has 0 atom stereocenters. The van der Waals surface area contributed by atoms with Gasteiger partial charge in [0.05, 0.1) is 7.11 Å². The highest BCUT2D eigenvalue weighted by atomic mass is 16.6. The summed E-state index contributed by atoms with van der Waals surface area (Å²) < 4.78 is 15.7. The van der Waals surface area contributed by atoms with Gasteiger partial charge in [-0.15, -0.1) is 0 Å². The normalized spacial score (nSPS) is 10.1. The largest absolute Gasteiger partial charge is 0.497 e. The van der Waals surface area contributed by atoms with Gasteiger partial charge in [-0.25, -0.2) is 4.79 Å². The van der Waals surface area contributed by atoms with Crippen molar-refractivity contribution in [3.63, 3.8) is 0 Å². The predicted molar refractivity (Wildman–Crippen MR) is 110 cm³/mol. The van der Waals surface area contributed by atoms with Crippen LogP contribution in [-0.2, 0) is 4.79 Å². The van der Waals surface area contributed by atoms with Gasteiger partial charge in [0, 0.05) is 11.3 Å². The zero-order valence-corrected chi connectivity index (χ0v) is 16.2. The summed E-state index contributed by atoms with van der Waals surface area (Å²) in [5.41, 5.74) is 2.29. The zero-order valence-electron chi connectivity index (χ0n) is 16.2. The van der Waals surface area contributed by atoms with E-state index in [2.05, 4.69) is 5.32 Å². The van der Waals surface area contributed by atoms with Gasteiger partial charge in [0.25, 0.3) is 5.91 Å². The molecule has 0 fully saturated rings. The van der Waals surface area contributed by atoms with Crippen LogP contribution in [0, 0.1) is 6.92 Å². The number of carbonyl (C=O) groups is 2. The number of ether oxygens (including phenoxy) is 3. The maximum absolute atomic E-state index is 12.3. The Kier molecular flexibility index (Phi) is 6.47. The minimum absolute atomic E-state index is 0.234. The van der Waals surface area contributed by atoms with E-state index in [0.717, 1.165) is 5.56 Å². The third-order valence-electron chi connectivity index (χ3n) is 4.07. The van der Waals surface area contributed by atoms with Crippen molar-refractivity contribution in [2.45, 2.75) is 6.92 Å². The SMILES string of the molecule is COc1ccc(OCC(=O)Oc2ccc(C(=O)Nc3ccc(C)cc3)cc2)cc1. The molecule has 0 saturated heterocycles. The molecule has 0 spiro atoms. The highest BCUT2D eigenvalue weighted by Crippen LogP contribution is 2.18. The number of benzene rings is 3. The molecule has 0 aliphatic heterocycles. The van der Waals surface area contributed by atoms with Crippen molar-refractivity contribution in [1.82, 2.24) is 0 Å². The molecule has 0 unspecified atom stereocenters. The molecule has 3 rings (SSSR count). The molecule has 0 bridgehead atoms. The van der Waals surface area contributed by atoms with E-state index in [0.29, 0.717) is 28.5 Å². The molecule has 1 N–H and O–H groups in total. The molecule has 3 aromatic carbocycles. The first-order valence-electron chi connectivity index (χ1n) is 8.99. The maximum atomic E-state index is 12.3. The van der Waals surface area contributed by atoms with Crippen LogP contribution in [0.25, 0.3) is 0 Å². The van der Waals surface area contributed by atoms with Gasteiger partial charge in [-0.05, 0) is 67.6 Å². The Balaban J connectivity index is 1.50. The zero-order chi connectivity index (χ0) is 20.6. The van der Waals surface area contributed by atoms with Crippen molar-refractivity contribution >= 4 is 17.6 Å². The molecule has 0 saturated carbocycles. The van der Waals surface area contributed by atoms with Crippen LogP contribution in [0.2, 0.25) is 0 Å². The summed E-state index contributed by atoms with van der Waals surface area (Å²) in [5.74, 6) is 0.782. The Hall–Kier alpha value is -3.80. The van der Waals surface area contributed by atoms with E-state index in [-0.39, 0.29) is 12.5 Å². The average Bonchev–Trinajstić information content (AvgIpc) is 2.75. The number of esters is 1. The fourth-order valence-corrected chi connectivity index (χ4v) is 2.49. The topological polar surface area (TPSA) is 73.9 Å². The van der Waals surface area contributed by atoms with E-state index in [9.17, 15) is 9.59 Å². The van der Waals surface area contributed by atoms with E-state index < -0.39 is 5.97 Å². The molecule has 0 aliphatic rings. The number of amides is 1. The summed E-state index contributed by atoms with van der Waals surface area (Å²) in [4.78, 5) is 24.2. The van der Waals surface area contributed by atoms with E-state index in [1.807, 2.05) is 31.2 Å². The molecular weight excluding hydrogens is 370 g/mol. The standard InChI is InChI=1S/C23H21NO5/c1-16-3-7-18(8-4-16)24-23(26)17-5-9-21(10-6-17)29-22(25)15-28-20-13-11-19(27-2)12-14-20/h3-14H,15H2,1-2H3,(H,24,26). The van der Waals surface area contributed by atoms with Gasteiger partial charge in [-0.1, -0.05) is 17.7 Å². The van der Waals surface area contributed by atoms with Crippen molar-refractivity contribution in [2.24, 2.45) is 0 Å². The summed E-state index contributed by atoms with van der Waals surface area (Å²) >= 11 is 0. The Labute approximate surface area is 169 Å². The van der Waals surface area contributed by atoms with Crippen LogP contribution < -0.4 is 19.5 Å². The lowest BCUT2D eigenvalue weighted by atomic mass is 10.2. The van der Waals surface area contributed by atoms with Crippen LogP contribution >= 0.6 is 0 Å². The first-order valence-corrected chi connectivity index (χ1v) is 8.99. The number of hydrogen-bond acceptors (Lipinski definition) is 5. The Morgan fingerprint density at radius 1 is 0.793 bits per heavy atom. The van der Waals surface area contributed by atoms with Crippen LogP contribution in [0.1, 0.15) is 15.9 Å². The summed E-state index contributed by atoms with van der Waals surface area (Å²) in [6.07, 6.45) is 0. The molecule has 0 radical (unpaired) electrons. The van der Waals surface area contributed by atoms with E-state index in [1.54, 1.807) is 55.6 Å². The number of nitrogens with one attached hydrogen (secondary N) is 1. The number of methoxy groups -OCH3 is 1. The third kappa shape index (κ3) is 5.84. The molecule has 1 amide bonds. The fraction of sp³-hybridized carbons (Fsp3) is 0.130. The van der Waals surface area contributed by atoms with Crippen molar-refractivity contribution < 1.29 is 23.8 Å². The maximum Gasteiger partial charge on any atom is 0.349 e. The van der Waals surface area contributed by atoms with Crippen LogP contribution in [0.15, 0.2) is 72.8 Å². The van der Waals surface area contributed by atoms with Gasteiger partial charge >= 0.3 is 5.97 Å². The quantitative estimate of drug-likeness (QED) is 0.482. The van der Waals surface area contributed by atoms with E-state index >= 15 is 0 Å². The fourth-order valence-electron chi connectivity index (χ4n) is 2.49. The number of aryl methyl sites for hydroxylation is 1. The molecule has 6 heteroatoms. The highest BCUT2D eigenvalue weighted by Gasteiger charge is 2.09. The van der Waals surface area contributed by atoms with Crippen LogP contribution in [-0.4, -0.2) is 25.6 Å². The van der Waals surface area contributed by atoms with Crippen molar-refractivity contribution in [3.05, 3.63) is 83.9 Å². The van der Waals surface area contributed by atoms with Gasteiger partial charge in [-0.3, -0.25) is 4.79 Å². The minimum Gasteiger partial charge on any atom is -0.497 e. The Morgan fingerprint density at radius 2 is 1.38 bits per heavy atom. The van der Waals surface area contributed by atoms with E-state index in [4.69, 9.17) is 14.2 Å². The van der Waals surface area contributed by atoms with Crippen LogP contribution in [0.4, 0.5) is 5.69 Å². The molecule has 0 heterocycles. The van der Waals surface area contributed by atoms with Crippen molar-refractivity contribution in [1.29, 1.82) is 0 Å². The first-order chi connectivity index (χ1) is 14.0. The second-order valence-corrected chi connectivity index (χ2v) is 6.28. The number of carbonyl (C=O) groups excluding carboxylic acids is 2. The molecule has 3 aromatic rings. The second kappa shape index (κ2) is 9.41. The van der Waals surface area contributed by atoms with Gasteiger partial charge < -0.3 is 19.5 Å². The smallest absolute Gasteiger partial charge is 0.349 e. The van der Waals surface area contributed by atoms with Crippen LogP contribution in [0.5, 0.6) is 17.2 Å². The molecule has 0 aromatic heterocycles. The monoisotopic (exact) mass is 391 g/mol. The van der Waals surface area contributed by atoms with Gasteiger partial charge in [0.1, 0.15) is 17.2 Å². The summed E-state index contributed by atoms with van der Waals surface area (Å²) in [7, 11) is 1.57. The molecule has 6 nitrogen and oxygen atoms in total. The number of hydrogen-bond donors (Lipinski definition) is 1. The molecule has 148 valence electrons. The summed E-state index contributed by atoms with van der Waals surface area (Å²) in [6, 6.07) is 20.7. The summed E-state index contributed by atoms with van der Waals surface area (Å²) in [5, 5.41) is 2.82. The Morgan fingerprint density at radius 3 is 2.00 bits per heavy atom. The highest BCUT2D eigenvalue weighted by molar-refractivity contribution is 6.04. The van der Waals surface area contributed by atoms with Gasteiger partial charge in [0.15, 0.2) is 6.61 Å². The first kappa shape index (κ1) is 19.9. The number of anilines is 1. The average molecular weight is 391 g/mol. The third-order valence-corrected chi connectivity index (χ3v) is 4.07. The number of rotatable bonds is 7. The van der Waals surface area contributed by atoms with Crippen molar-refractivity contribution in [3.8, 4) is 17.2 Å². The molecule has 29 heavy (non-hydrogen) atoms. The molecule has 0 aliphatic carbocycles. The second-order valence-electron chi connectivity index (χ2n) is 6.28. The lowest BCUT2D eigenvalue weighted by Crippen LogP contribution is -2.18. The minimum atomic E-state index is -0.544. The lowest BCUT2D eigenvalue weighted by Gasteiger charge is -2.08. The lowest BCUT2D eigenvalue weighted by molar-refractivity contribution is -0.136. The molecular formula is C23H21NO5. The Bertz CT molecular complexity index is 964. The van der Waals surface area contributed by atoms with Crippen molar-refractivity contribution in [2.75, 3.05) is 19.0 Å². The van der Waals surface area contributed by atoms with Gasteiger partial charge in [0.2, 0.25) is 0 Å². The van der Waals surface area contributed by atoms with E-state index in [1.165, 1.54) is 0 Å². The van der Waals surface area contributed by atoms with Crippen LogP contribution in [0.3, 0.4) is 0 Å².